The number of benzene rings is 1. The molecule has 148 valence electrons. The molecule has 0 unspecified atom stereocenters. The molecule has 2 N–H and O–H groups in total. The zero-order chi connectivity index (χ0) is 20.4. The third-order valence-electron chi connectivity index (χ3n) is 3.83. The van der Waals surface area contributed by atoms with Gasteiger partial charge in [0.05, 0.1) is 7.11 Å². The van der Waals surface area contributed by atoms with Gasteiger partial charge in [-0.05, 0) is 24.1 Å². The summed E-state index contributed by atoms with van der Waals surface area (Å²) in [6, 6.07) is 4.11. The van der Waals surface area contributed by atoms with E-state index in [0.29, 0.717) is 6.42 Å². The Labute approximate surface area is 156 Å². The van der Waals surface area contributed by atoms with Crippen LogP contribution in [0.1, 0.15) is 30.6 Å². The molecule has 0 radical (unpaired) electrons. The predicted molar refractivity (Wildman–Crippen MR) is 93.1 cm³/mol. The number of hydrogen-bond acceptors (Lipinski definition) is 6. The van der Waals surface area contributed by atoms with Crippen molar-refractivity contribution >= 4 is 23.8 Å². The molecule has 1 aromatic carbocycles. The van der Waals surface area contributed by atoms with Crippen LogP contribution in [0.3, 0.4) is 0 Å². The first kappa shape index (κ1) is 22.1. The van der Waals surface area contributed by atoms with E-state index in [1.54, 1.807) is 6.92 Å². The first-order chi connectivity index (χ1) is 12.8. The van der Waals surface area contributed by atoms with Crippen molar-refractivity contribution in [3.05, 3.63) is 35.6 Å². The molecule has 2 amide bonds. The second-order valence-corrected chi connectivity index (χ2v) is 5.81. The number of hydrogen-bond donors (Lipinski definition) is 2. The van der Waals surface area contributed by atoms with Crippen LogP contribution < -0.4 is 10.6 Å². The van der Waals surface area contributed by atoms with Crippen molar-refractivity contribution in [3.8, 4) is 0 Å². The highest BCUT2D eigenvalue weighted by molar-refractivity contribution is 5.96. The lowest BCUT2D eigenvalue weighted by Gasteiger charge is -2.21. The van der Waals surface area contributed by atoms with E-state index in [2.05, 4.69) is 15.4 Å². The van der Waals surface area contributed by atoms with Gasteiger partial charge in [-0.15, -0.1) is 0 Å². The van der Waals surface area contributed by atoms with Crippen molar-refractivity contribution in [1.82, 2.24) is 10.6 Å². The molecule has 0 spiro atoms. The van der Waals surface area contributed by atoms with Crippen molar-refractivity contribution in [2.75, 3.05) is 20.3 Å². The normalized spacial score (nSPS) is 12.4. The fourth-order valence-electron chi connectivity index (χ4n) is 2.09. The minimum Gasteiger partial charge on any atom is -0.467 e. The first-order valence-electron chi connectivity index (χ1n) is 8.35. The summed E-state index contributed by atoms with van der Waals surface area (Å²) in [7, 11) is 1.21. The zero-order valence-corrected chi connectivity index (χ0v) is 15.4. The second kappa shape index (κ2) is 10.9. The summed E-state index contributed by atoms with van der Waals surface area (Å²) in [6.07, 6.45) is 0.631. The Morgan fingerprint density at radius 3 is 2.52 bits per heavy atom. The van der Waals surface area contributed by atoms with Crippen LogP contribution >= 0.6 is 0 Å². The van der Waals surface area contributed by atoms with Gasteiger partial charge in [0.15, 0.2) is 6.61 Å². The van der Waals surface area contributed by atoms with E-state index in [9.17, 15) is 23.6 Å². The van der Waals surface area contributed by atoms with Gasteiger partial charge in [-0.25, -0.2) is 9.18 Å². The maximum atomic E-state index is 13.1. The largest absolute Gasteiger partial charge is 0.467 e. The van der Waals surface area contributed by atoms with Gasteiger partial charge in [0.25, 0.3) is 11.8 Å². The number of methoxy groups -OCH3 is 1. The fraction of sp³-hybridized carbons (Fsp3) is 0.444. The van der Waals surface area contributed by atoms with E-state index < -0.39 is 48.8 Å². The molecule has 0 heterocycles. The number of amides is 2. The van der Waals surface area contributed by atoms with E-state index in [0.717, 1.165) is 6.07 Å². The van der Waals surface area contributed by atoms with Crippen LogP contribution in [-0.4, -0.2) is 50.1 Å². The smallest absolute Gasteiger partial charge is 0.328 e. The maximum Gasteiger partial charge on any atom is 0.328 e. The summed E-state index contributed by atoms with van der Waals surface area (Å²) in [5.41, 5.74) is 0.0509. The van der Waals surface area contributed by atoms with E-state index in [4.69, 9.17) is 4.74 Å². The number of carbonyl (C=O) groups excluding carboxylic acids is 4. The number of carbonyl (C=O) groups is 4. The highest BCUT2D eigenvalue weighted by Crippen LogP contribution is 2.09. The molecule has 0 aromatic heterocycles. The predicted octanol–water partition coefficient (Wildman–Crippen LogP) is 0.803. The summed E-state index contributed by atoms with van der Waals surface area (Å²) in [5.74, 6) is -3.51. The topological polar surface area (TPSA) is 111 Å². The summed E-state index contributed by atoms with van der Waals surface area (Å²) in [6.45, 7) is 2.52. The monoisotopic (exact) mass is 382 g/mol. The Kier molecular flexibility index (Phi) is 8.91. The van der Waals surface area contributed by atoms with Crippen molar-refractivity contribution in [2.24, 2.45) is 5.92 Å². The fourth-order valence-corrected chi connectivity index (χ4v) is 2.09. The van der Waals surface area contributed by atoms with E-state index in [-0.39, 0.29) is 11.5 Å². The van der Waals surface area contributed by atoms with Crippen molar-refractivity contribution in [1.29, 1.82) is 0 Å². The maximum absolute atomic E-state index is 13.1. The molecule has 1 rings (SSSR count). The quantitative estimate of drug-likeness (QED) is 0.612. The molecule has 0 bridgehead atoms. The zero-order valence-electron chi connectivity index (χ0n) is 15.4. The lowest BCUT2D eigenvalue weighted by Crippen LogP contribution is -2.47. The van der Waals surface area contributed by atoms with Crippen LogP contribution in [0, 0.1) is 11.7 Å². The molecule has 0 saturated heterocycles. The van der Waals surface area contributed by atoms with Crippen LogP contribution in [0.15, 0.2) is 24.3 Å². The average Bonchev–Trinajstić information content (AvgIpc) is 2.67. The Balaban J connectivity index is 2.43. The molecule has 0 aliphatic carbocycles. The minimum atomic E-state index is -0.854. The first-order valence-corrected chi connectivity index (χ1v) is 8.35. The lowest BCUT2D eigenvalue weighted by atomic mass is 9.99. The van der Waals surface area contributed by atoms with Crippen LogP contribution in [0.2, 0.25) is 0 Å². The SMILES string of the molecule is CC[C@H](C)[C@@H](NC(=O)COC(=O)CNC(=O)c1cccc(F)c1)C(=O)OC. The van der Waals surface area contributed by atoms with E-state index in [1.165, 1.54) is 25.3 Å². The van der Waals surface area contributed by atoms with Gasteiger partial charge < -0.3 is 20.1 Å². The Morgan fingerprint density at radius 1 is 1.22 bits per heavy atom. The number of rotatable bonds is 9. The second-order valence-electron chi connectivity index (χ2n) is 5.81. The van der Waals surface area contributed by atoms with Crippen LogP contribution in [0.5, 0.6) is 0 Å². The molecule has 2 atom stereocenters. The highest BCUT2D eigenvalue weighted by atomic mass is 19.1. The van der Waals surface area contributed by atoms with Crippen molar-refractivity contribution in [2.45, 2.75) is 26.3 Å². The average molecular weight is 382 g/mol. The Hall–Kier alpha value is -2.97. The van der Waals surface area contributed by atoms with Crippen LogP contribution in [0.25, 0.3) is 0 Å². The summed E-state index contributed by atoms with van der Waals surface area (Å²) >= 11 is 0. The van der Waals surface area contributed by atoms with Gasteiger partial charge >= 0.3 is 11.9 Å². The molecule has 8 nitrogen and oxygen atoms in total. The number of ether oxygens (including phenoxy) is 2. The molecule has 9 heteroatoms. The van der Waals surface area contributed by atoms with Crippen LogP contribution in [0.4, 0.5) is 4.39 Å². The summed E-state index contributed by atoms with van der Waals surface area (Å²) in [5, 5.41) is 4.71. The number of halogens is 1. The van der Waals surface area contributed by atoms with Gasteiger partial charge in [-0.3, -0.25) is 14.4 Å². The van der Waals surface area contributed by atoms with Crippen LogP contribution in [-0.2, 0) is 23.9 Å². The number of nitrogens with one attached hydrogen (secondary N) is 2. The molecule has 27 heavy (non-hydrogen) atoms. The third kappa shape index (κ3) is 7.43. The standard InChI is InChI=1S/C18H23FN2O6/c1-4-11(2)16(18(25)26-3)21-14(22)10-27-15(23)9-20-17(24)12-6-5-7-13(19)8-12/h5-8,11,16H,4,9-10H2,1-3H3,(H,20,24)(H,21,22)/t11-,16+/m0/s1. The Bertz CT molecular complexity index is 694. The molecular formula is C18H23FN2O6. The van der Waals surface area contributed by atoms with Gasteiger partial charge in [-0.2, -0.15) is 0 Å². The summed E-state index contributed by atoms with van der Waals surface area (Å²) < 4.78 is 22.4. The lowest BCUT2D eigenvalue weighted by molar-refractivity contribution is -0.150. The van der Waals surface area contributed by atoms with Crippen molar-refractivity contribution in [3.63, 3.8) is 0 Å². The number of esters is 2. The molecule has 0 aliphatic rings. The molecule has 0 fully saturated rings. The summed E-state index contributed by atoms with van der Waals surface area (Å²) in [4.78, 5) is 47.0. The van der Waals surface area contributed by atoms with E-state index in [1.807, 2.05) is 6.92 Å². The third-order valence-corrected chi connectivity index (χ3v) is 3.83. The molecular weight excluding hydrogens is 359 g/mol. The van der Waals surface area contributed by atoms with Crippen molar-refractivity contribution < 1.29 is 33.0 Å². The van der Waals surface area contributed by atoms with Gasteiger partial charge in [0.2, 0.25) is 0 Å². The highest BCUT2D eigenvalue weighted by Gasteiger charge is 2.26. The van der Waals surface area contributed by atoms with Gasteiger partial charge in [0.1, 0.15) is 18.4 Å². The molecule has 0 aliphatic heterocycles. The van der Waals surface area contributed by atoms with Gasteiger partial charge in [-0.1, -0.05) is 26.3 Å². The van der Waals surface area contributed by atoms with Gasteiger partial charge in [0, 0.05) is 5.56 Å². The molecule has 0 saturated carbocycles. The Morgan fingerprint density at radius 2 is 1.93 bits per heavy atom. The molecule has 1 aromatic rings. The minimum absolute atomic E-state index is 0.0509. The van der Waals surface area contributed by atoms with E-state index >= 15 is 0 Å².